The van der Waals surface area contributed by atoms with Gasteiger partial charge >= 0.3 is 0 Å². The van der Waals surface area contributed by atoms with E-state index in [1.165, 1.54) is 5.56 Å². The highest BCUT2D eigenvalue weighted by Crippen LogP contribution is 2.66. The number of rotatable bonds is 10. The van der Waals surface area contributed by atoms with Crippen LogP contribution in [0.1, 0.15) is 35.1 Å². The van der Waals surface area contributed by atoms with Gasteiger partial charge in [-0.3, -0.25) is 4.18 Å². The fourth-order valence-electron chi connectivity index (χ4n) is 5.10. The first-order chi connectivity index (χ1) is 17.5. The van der Waals surface area contributed by atoms with Crippen molar-refractivity contribution in [2.24, 2.45) is 0 Å². The molecule has 0 aliphatic carbocycles. The lowest BCUT2D eigenvalue weighted by Crippen LogP contribution is -2.26. The van der Waals surface area contributed by atoms with Crippen molar-refractivity contribution < 1.29 is 17.3 Å². The Balaban J connectivity index is 1.44. The van der Waals surface area contributed by atoms with E-state index in [0.717, 1.165) is 29.5 Å². The third-order valence-corrected chi connectivity index (χ3v) is 8.38. The van der Waals surface area contributed by atoms with Gasteiger partial charge in [-0.2, -0.15) is 8.42 Å². The molecule has 1 heterocycles. The van der Waals surface area contributed by atoms with Crippen molar-refractivity contribution in [3.8, 4) is 0 Å². The van der Waals surface area contributed by atoms with E-state index in [9.17, 15) is 8.42 Å². The van der Waals surface area contributed by atoms with E-state index in [1.54, 1.807) is 24.3 Å². The monoisotopic (exact) mass is 498 g/mol. The molecule has 1 saturated heterocycles. The van der Waals surface area contributed by atoms with Crippen LogP contribution >= 0.6 is 0 Å². The summed E-state index contributed by atoms with van der Waals surface area (Å²) in [7, 11) is -3.87. The zero-order valence-corrected chi connectivity index (χ0v) is 21.2. The molecule has 1 aliphatic heterocycles. The normalized spacial score (nSPS) is 21.2. The lowest BCUT2D eigenvalue weighted by Gasteiger charge is -2.22. The number of aryl methyl sites for hydroxylation is 2. The Morgan fingerprint density at radius 2 is 1.17 bits per heavy atom. The van der Waals surface area contributed by atoms with Crippen molar-refractivity contribution in [1.82, 2.24) is 0 Å². The van der Waals surface area contributed by atoms with Crippen molar-refractivity contribution in [3.05, 3.63) is 138 Å². The molecule has 4 aromatic rings. The van der Waals surface area contributed by atoms with Gasteiger partial charge in [0.2, 0.25) is 0 Å². The van der Waals surface area contributed by atoms with Gasteiger partial charge in [0, 0.05) is 6.42 Å². The second-order valence-corrected chi connectivity index (χ2v) is 10.9. The van der Waals surface area contributed by atoms with Crippen LogP contribution < -0.4 is 0 Å². The summed E-state index contributed by atoms with van der Waals surface area (Å²) in [6.45, 7) is 1.94. The minimum Gasteiger partial charge on any atom is -0.352 e. The number of epoxide rings is 1. The van der Waals surface area contributed by atoms with E-state index < -0.39 is 21.3 Å². The molecule has 5 heteroatoms. The molecule has 4 nitrogen and oxygen atoms in total. The highest BCUT2D eigenvalue weighted by atomic mass is 32.2. The van der Waals surface area contributed by atoms with E-state index in [4.69, 9.17) is 8.92 Å². The van der Waals surface area contributed by atoms with Crippen LogP contribution in [-0.2, 0) is 36.7 Å². The first-order valence-electron chi connectivity index (χ1n) is 12.3. The third kappa shape index (κ3) is 4.74. The third-order valence-electron chi connectivity index (χ3n) is 7.05. The van der Waals surface area contributed by atoms with Gasteiger partial charge in [0.25, 0.3) is 10.1 Å². The Morgan fingerprint density at radius 3 is 1.72 bits per heavy atom. The lowest BCUT2D eigenvalue weighted by molar-refractivity contribution is 0.220. The molecular weight excluding hydrogens is 468 g/mol. The van der Waals surface area contributed by atoms with Crippen molar-refractivity contribution >= 4 is 10.1 Å². The second kappa shape index (κ2) is 10.0. The summed E-state index contributed by atoms with van der Waals surface area (Å²) < 4.78 is 38.0. The highest BCUT2D eigenvalue weighted by molar-refractivity contribution is 7.86. The van der Waals surface area contributed by atoms with E-state index in [-0.39, 0.29) is 11.5 Å². The maximum absolute atomic E-state index is 12.9. The first-order valence-corrected chi connectivity index (χ1v) is 13.7. The van der Waals surface area contributed by atoms with Crippen LogP contribution in [0, 0.1) is 6.92 Å². The molecule has 1 fully saturated rings. The zero-order valence-electron chi connectivity index (χ0n) is 20.3. The minimum absolute atomic E-state index is 0.0189. The molecule has 2 atom stereocenters. The number of hydrogen-bond donors (Lipinski definition) is 0. The second-order valence-electron chi connectivity index (χ2n) is 9.31. The van der Waals surface area contributed by atoms with Crippen LogP contribution in [-0.4, -0.2) is 15.0 Å². The Bertz CT molecular complexity index is 1390. The van der Waals surface area contributed by atoms with Gasteiger partial charge in [0.15, 0.2) is 0 Å². The Kier molecular flexibility index (Phi) is 6.80. The molecule has 184 valence electrons. The van der Waals surface area contributed by atoms with E-state index in [2.05, 4.69) is 36.4 Å². The summed E-state index contributed by atoms with van der Waals surface area (Å²) in [6, 6.07) is 37.4. The predicted octanol–water partition coefficient (Wildman–Crippen LogP) is 6.54. The summed E-state index contributed by atoms with van der Waals surface area (Å²) in [5, 5.41) is 0. The van der Waals surface area contributed by atoms with Crippen molar-refractivity contribution in [3.63, 3.8) is 0 Å². The molecular formula is C31H30O4S. The quantitative estimate of drug-likeness (QED) is 0.184. The van der Waals surface area contributed by atoms with Gasteiger partial charge in [-0.1, -0.05) is 109 Å². The number of hydrogen-bond acceptors (Lipinski definition) is 4. The van der Waals surface area contributed by atoms with E-state index >= 15 is 0 Å². The summed E-state index contributed by atoms with van der Waals surface area (Å²) in [5.74, 6) is 0. The maximum Gasteiger partial charge on any atom is 0.296 e. The predicted molar refractivity (Wildman–Crippen MR) is 141 cm³/mol. The summed E-state index contributed by atoms with van der Waals surface area (Å²) in [5.41, 5.74) is 3.08. The van der Waals surface area contributed by atoms with Crippen LogP contribution in [0.15, 0.2) is 120 Å². The zero-order chi connectivity index (χ0) is 25.1. The molecule has 0 unspecified atom stereocenters. The molecule has 0 radical (unpaired) electrons. The smallest absolute Gasteiger partial charge is 0.296 e. The topological polar surface area (TPSA) is 55.9 Å². The van der Waals surface area contributed by atoms with Gasteiger partial charge in [-0.15, -0.1) is 0 Å². The fraction of sp³-hybridized carbons (Fsp3) is 0.226. The Labute approximate surface area is 213 Å². The molecule has 4 aromatic carbocycles. The summed E-state index contributed by atoms with van der Waals surface area (Å²) in [4.78, 5) is 0.164. The minimum atomic E-state index is -3.87. The summed E-state index contributed by atoms with van der Waals surface area (Å²) >= 11 is 0. The largest absolute Gasteiger partial charge is 0.352 e. The Morgan fingerprint density at radius 1 is 0.667 bits per heavy atom. The van der Waals surface area contributed by atoms with Gasteiger partial charge in [0.05, 0.1) is 11.5 Å². The fourth-order valence-corrected chi connectivity index (χ4v) is 6.01. The lowest BCUT2D eigenvalue weighted by atomic mass is 9.76. The van der Waals surface area contributed by atoms with E-state index in [0.29, 0.717) is 6.42 Å². The van der Waals surface area contributed by atoms with Gasteiger partial charge in [-0.05, 0) is 48.6 Å². The molecule has 0 aromatic heterocycles. The van der Waals surface area contributed by atoms with Crippen molar-refractivity contribution in [2.45, 2.75) is 42.3 Å². The van der Waals surface area contributed by atoms with Crippen LogP contribution in [0.4, 0.5) is 0 Å². The van der Waals surface area contributed by atoms with Crippen LogP contribution in [0.25, 0.3) is 0 Å². The molecule has 1 aliphatic rings. The number of benzene rings is 4. The number of ether oxygens (including phenoxy) is 1. The van der Waals surface area contributed by atoms with E-state index in [1.807, 2.05) is 61.5 Å². The van der Waals surface area contributed by atoms with Gasteiger partial charge in [0.1, 0.15) is 11.2 Å². The molecule has 5 rings (SSSR count). The van der Waals surface area contributed by atoms with Crippen molar-refractivity contribution in [2.75, 3.05) is 6.61 Å². The molecule has 0 saturated carbocycles. The maximum atomic E-state index is 12.9. The van der Waals surface area contributed by atoms with Crippen molar-refractivity contribution in [1.29, 1.82) is 0 Å². The SMILES string of the molecule is Cc1ccc(S(=O)(=O)OCC[C@]2(c3ccccc3)O[C@@]2(CCc2ccccc2)c2ccccc2)cc1. The average Bonchev–Trinajstić information content (AvgIpc) is 3.59. The Hall–Kier alpha value is -3.25. The van der Waals surface area contributed by atoms with Gasteiger partial charge < -0.3 is 4.74 Å². The molecule has 0 bridgehead atoms. The standard InChI is InChI=1S/C31H30O4S/c1-25-17-19-29(20-18-25)36(32,33)34-24-23-31(28-15-9-4-10-16-28)30(35-31,27-13-7-3-8-14-27)22-21-26-11-5-2-6-12-26/h2-20H,21-24H2,1H3/t30-,31+/m0/s1. The molecule has 0 spiro atoms. The average molecular weight is 499 g/mol. The molecule has 0 amide bonds. The highest BCUT2D eigenvalue weighted by Gasteiger charge is 2.70. The van der Waals surface area contributed by atoms with Crippen LogP contribution in [0.5, 0.6) is 0 Å². The molecule has 0 N–H and O–H groups in total. The van der Waals surface area contributed by atoms with Gasteiger partial charge in [-0.25, -0.2) is 0 Å². The molecule has 36 heavy (non-hydrogen) atoms. The summed E-state index contributed by atoms with van der Waals surface area (Å²) in [6.07, 6.45) is 2.01. The van der Waals surface area contributed by atoms with Crippen LogP contribution in [0.3, 0.4) is 0 Å². The van der Waals surface area contributed by atoms with Crippen LogP contribution in [0.2, 0.25) is 0 Å². The first kappa shape index (κ1) is 24.4.